The molecular weight excluding hydrogens is 170 g/mol. The molecule has 0 amide bonds. The monoisotopic (exact) mass is 188 g/mol. The molecule has 5 nitrogen and oxygen atoms in total. The van der Waals surface area contributed by atoms with Gasteiger partial charge in [0.15, 0.2) is 0 Å². The van der Waals surface area contributed by atoms with Crippen molar-refractivity contribution in [2.24, 2.45) is 0 Å². The zero-order valence-corrected chi connectivity index (χ0v) is 7.92. The molecule has 0 unspecified atom stereocenters. The molecule has 2 fully saturated rings. The molecule has 2 N–H and O–H groups in total. The zero-order chi connectivity index (χ0) is 9.78. The first kappa shape index (κ1) is 12.2. The van der Waals surface area contributed by atoms with Gasteiger partial charge in [0.2, 0.25) is 4.91 Å². The molecule has 2 saturated heterocycles. The normalized spacial score (nSPS) is 19.1. The fourth-order valence-electron chi connectivity index (χ4n) is 1.02. The van der Waals surface area contributed by atoms with E-state index < -0.39 is 0 Å². The molecule has 2 heterocycles. The van der Waals surface area contributed by atoms with Crippen LogP contribution in [0.5, 0.6) is 0 Å². The Bertz CT molecular complexity index is 102. The first-order chi connectivity index (χ1) is 6.41. The van der Waals surface area contributed by atoms with Crippen LogP contribution in [-0.4, -0.2) is 26.4 Å². The number of rotatable bonds is 0. The third-order valence-electron chi connectivity index (χ3n) is 1.65. The quantitative estimate of drug-likeness (QED) is 0.448. The molecule has 0 radical (unpaired) electrons. The van der Waals surface area contributed by atoms with E-state index in [1.165, 1.54) is 25.7 Å². The van der Waals surface area contributed by atoms with Gasteiger partial charge in [-0.2, -0.15) is 0 Å². The van der Waals surface area contributed by atoms with E-state index in [2.05, 4.69) is 0 Å². The van der Waals surface area contributed by atoms with Gasteiger partial charge in [0.25, 0.3) is 0 Å². The van der Waals surface area contributed by atoms with Gasteiger partial charge in [-0.25, -0.2) is 0 Å². The Morgan fingerprint density at radius 3 is 1.00 bits per heavy atom. The summed E-state index contributed by atoms with van der Waals surface area (Å²) >= 11 is 0. The van der Waals surface area contributed by atoms with E-state index >= 15 is 0 Å². The topological polar surface area (TPSA) is 80.3 Å². The van der Waals surface area contributed by atoms with Crippen molar-refractivity contribution in [2.75, 3.05) is 26.4 Å². The minimum atomic E-state index is 1.00. The number of hydrogen-bond donors (Lipinski definition) is 2. The van der Waals surface area contributed by atoms with Crippen LogP contribution in [0.3, 0.4) is 0 Å². The van der Waals surface area contributed by atoms with Crippen LogP contribution < -0.4 is 4.91 Å². The largest absolute Gasteiger partial charge is 0.381 e. The molecular formula is C8H18N3O2+. The lowest BCUT2D eigenvalue weighted by molar-refractivity contribution is 0.198. The highest BCUT2D eigenvalue weighted by atomic mass is 16.5. The van der Waals surface area contributed by atoms with E-state index in [1.807, 2.05) is 4.91 Å². The van der Waals surface area contributed by atoms with Crippen molar-refractivity contribution >= 4 is 0 Å². The highest BCUT2D eigenvalue weighted by molar-refractivity contribution is 4.44. The van der Waals surface area contributed by atoms with E-state index in [0.29, 0.717) is 0 Å². The Morgan fingerprint density at radius 1 is 0.692 bits per heavy atom. The van der Waals surface area contributed by atoms with Crippen LogP contribution in [0.15, 0.2) is 0 Å². The Hall–Kier alpha value is -0.770. The second-order valence-corrected chi connectivity index (χ2v) is 2.75. The van der Waals surface area contributed by atoms with Gasteiger partial charge < -0.3 is 9.47 Å². The standard InChI is InChI=1S/2C4H8O.H2N3/c2*1-2-4-5-3-1;1-3-2/h2*1-4H2;1-2H/q;;+1. The predicted octanol–water partition coefficient (Wildman–Crippen LogP) is 1.71. The van der Waals surface area contributed by atoms with Crippen molar-refractivity contribution in [3.05, 3.63) is 0 Å². The second-order valence-electron chi connectivity index (χ2n) is 2.75. The summed E-state index contributed by atoms with van der Waals surface area (Å²) in [5, 5.41) is 0. The maximum atomic E-state index is 5.50. The summed E-state index contributed by atoms with van der Waals surface area (Å²) in [4.78, 5) is 2.00. The zero-order valence-electron chi connectivity index (χ0n) is 7.92. The third-order valence-corrected chi connectivity index (χ3v) is 1.65. The summed E-state index contributed by atoms with van der Waals surface area (Å²) in [5.74, 6) is 0. The Balaban J connectivity index is 0.000000174. The first-order valence-corrected chi connectivity index (χ1v) is 4.60. The number of ether oxygens (including phenoxy) is 2. The van der Waals surface area contributed by atoms with E-state index in [0.717, 1.165) is 26.4 Å². The molecule has 2 aliphatic rings. The lowest BCUT2D eigenvalue weighted by Gasteiger charge is -1.76. The van der Waals surface area contributed by atoms with Gasteiger partial charge in [0.05, 0.1) is 0 Å². The average Bonchev–Trinajstić information content (AvgIpc) is 2.85. The molecule has 5 heteroatoms. The van der Waals surface area contributed by atoms with Crippen LogP contribution >= 0.6 is 0 Å². The molecule has 0 aromatic carbocycles. The number of hydrogen-bond acceptors (Lipinski definition) is 4. The molecule has 13 heavy (non-hydrogen) atoms. The number of nitrogens with zero attached hydrogens (tertiary/aromatic N) is 1. The van der Waals surface area contributed by atoms with E-state index in [1.54, 1.807) is 0 Å². The van der Waals surface area contributed by atoms with Gasteiger partial charge in [-0.05, 0) is 25.7 Å². The SMILES string of the molecule is C1CCOC1.C1CCOC1.N=[N+]=N. The molecule has 0 aliphatic carbocycles. The molecule has 0 bridgehead atoms. The lowest BCUT2D eigenvalue weighted by atomic mass is 10.4. The van der Waals surface area contributed by atoms with Gasteiger partial charge in [-0.15, -0.1) is 0 Å². The third kappa shape index (κ3) is 11.2. The number of nitrogens with one attached hydrogen (secondary N) is 2. The summed E-state index contributed by atoms with van der Waals surface area (Å²) < 4.78 is 9.89. The summed E-state index contributed by atoms with van der Waals surface area (Å²) in [7, 11) is 0. The Morgan fingerprint density at radius 2 is 0.923 bits per heavy atom. The fourth-order valence-corrected chi connectivity index (χ4v) is 1.02. The molecule has 76 valence electrons. The van der Waals surface area contributed by atoms with Crippen LogP contribution in [0.25, 0.3) is 0 Å². The van der Waals surface area contributed by atoms with Crippen molar-refractivity contribution < 1.29 is 9.47 Å². The minimum Gasteiger partial charge on any atom is -0.381 e. The van der Waals surface area contributed by atoms with Crippen molar-refractivity contribution in [3.63, 3.8) is 0 Å². The Labute approximate surface area is 78.4 Å². The lowest BCUT2D eigenvalue weighted by Crippen LogP contribution is -1.74. The summed E-state index contributed by atoms with van der Waals surface area (Å²) in [6, 6.07) is 0. The minimum absolute atomic E-state index is 1.00. The van der Waals surface area contributed by atoms with Crippen molar-refractivity contribution in [1.29, 1.82) is 11.1 Å². The summed E-state index contributed by atoms with van der Waals surface area (Å²) in [5.41, 5.74) is 11.0. The first-order valence-electron chi connectivity index (χ1n) is 4.60. The van der Waals surface area contributed by atoms with Gasteiger partial charge in [0.1, 0.15) is 11.1 Å². The molecule has 0 atom stereocenters. The summed E-state index contributed by atoms with van der Waals surface area (Å²) in [6.07, 6.45) is 5.11. The Kier molecular flexibility index (Phi) is 10.6. The second kappa shape index (κ2) is 11.2. The highest BCUT2D eigenvalue weighted by Crippen LogP contribution is 1.98. The van der Waals surface area contributed by atoms with Crippen LogP contribution in [-0.2, 0) is 9.47 Å². The van der Waals surface area contributed by atoms with E-state index in [-0.39, 0.29) is 0 Å². The van der Waals surface area contributed by atoms with E-state index in [4.69, 9.17) is 20.5 Å². The molecule has 0 aromatic heterocycles. The van der Waals surface area contributed by atoms with Gasteiger partial charge in [-0.1, -0.05) is 0 Å². The average molecular weight is 188 g/mol. The molecule has 2 rings (SSSR count). The van der Waals surface area contributed by atoms with Crippen molar-refractivity contribution in [3.8, 4) is 0 Å². The van der Waals surface area contributed by atoms with Gasteiger partial charge in [-0.3, -0.25) is 0 Å². The van der Waals surface area contributed by atoms with Crippen LogP contribution in [0.2, 0.25) is 0 Å². The highest BCUT2D eigenvalue weighted by Gasteiger charge is 1.95. The maximum Gasteiger partial charge on any atom is 0.211 e. The van der Waals surface area contributed by atoms with Crippen molar-refractivity contribution in [1.82, 2.24) is 4.91 Å². The van der Waals surface area contributed by atoms with Crippen LogP contribution in [0.4, 0.5) is 0 Å². The molecule has 0 spiro atoms. The molecule has 2 aliphatic heterocycles. The van der Waals surface area contributed by atoms with Crippen molar-refractivity contribution in [2.45, 2.75) is 25.7 Å². The maximum absolute atomic E-state index is 5.50. The van der Waals surface area contributed by atoms with Gasteiger partial charge in [0, 0.05) is 26.4 Å². The van der Waals surface area contributed by atoms with Crippen LogP contribution in [0.1, 0.15) is 25.7 Å². The van der Waals surface area contributed by atoms with E-state index in [9.17, 15) is 0 Å². The molecule has 0 aromatic rings. The van der Waals surface area contributed by atoms with Gasteiger partial charge >= 0.3 is 0 Å². The molecule has 0 saturated carbocycles. The van der Waals surface area contributed by atoms with Crippen LogP contribution in [0, 0.1) is 11.1 Å². The summed E-state index contributed by atoms with van der Waals surface area (Å²) in [6.45, 7) is 4.00. The smallest absolute Gasteiger partial charge is 0.211 e. The fraction of sp³-hybridized carbons (Fsp3) is 1.00. The predicted molar refractivity (Wildman–Crippen MR) is 47.7 cm³/mol.